The third-order valence-electron chi connectivity index (χ3n) is 5.76. The molecule has 158 valence electrons. The number of hydrogen-bond acceptors (Lipinski definition) is 5. The highest BCUT2D eigenvalue weighted by Gasteiger charge is 2.20. The van der Waals surface area contributed by atoms with Gasteiger partial charge in [-0.2, -0.15) is 0 Å². The lowest BCUT2D eigenvalue weighted by Gasteiger charge is -2.36. The first-order valence-electron chi connectivity index (χ1n) is 10.7. The van der Waals surface area contributed by atoms with Crippen LogP contribution in [0.1, 0.15) is 27.2 Å². The van der Waals surface area contributed by atoms with Crippen molar-refractivity contribution in [2.45, 2.75) is 27.2 Å². The number of quaternary nitrogens is 1. The second-order valence-electron chi connectivity index (χ2n) is 7.21. The summed E-state index contributed by atoms with van der Waals surface area (Å²) in [5, 5.41) is 14.1. The predicted octanol–water partition coefficient (Wildman–Crippen LogP) is -3.07. The molecule has 0 saturated carbocycles. The van der Waals surface area contributed by atoms with Gasteiger partial charge in [0.1, 0.15) is 0 Å². The van der Waals surface area contributed by atoms with Gasteiger partial charge in [-0.1, -0.05) is 0 Å². The molecule has 26 heavy (non-hydrogen) atoms. The molecule has 0 amide bonds. The maximum absolute atomic E-state index is 3.58. The van der Waals surface area contributed by atoms with Crippen LogP contribution in [0.4, 0.5) is 0 Å². The van der Waals surface area contributed by atoms with Crippen molar-refractivity contribution in [1.82, 2.24) is 26.2 Å². The van der Waals surface area contributed by atoms with E-state index in [1.165, 1.54) is 43.6 Å². The lowest BCUT2D eigenvalue weighted by Crippen LogP contribution is -3.00. The minimum Gasteiger partial charge on any atom is -1.00 e. The molecule has 7 heteroatoms. The summed E-state index contributed by atoms with van der Waals surface area (Å²) in [5.41, 5.74) is 0. The van der Waals surface area contributed by atoms with Crippen LogP contribution in [0.15, 0.2) is 0 Å². The minimum atomic E-state index is 0. The quantitative estimate of drug-likeness (QED) is 0.319. The Morgan fingerprint density at radius 3 is 1.42 bits per heavy atom. The first-order valence-corrected chi connectivity index (χ1v) is 10.7. The second kappa shape index (κ2) is 17.3. The Kier molecular flexibility index (Phi) is 17.5. The summed E-state index contributed by atoms with van der Waals surface area (Å²) in [6, 6.07) is 0. The van der Waals surface area contributed by atoms with Gasteiger partial charge in [-0.15, -0.1) is 0 Å². The molecular formula is C19H45BrN6. The number of rotatable bonds is 7. The van der Waals surface area contributed by atoms with Gasteiger partial charge in [0.25, 0.3) is 0 Å². The Morgan fingerprint density at radius 2 is 1.04 bits per heavy atom. The van der Waals surface area contributed by atoms with Crippen molar-refractivity contribution in [3.05, 3.63) is 0 Å². The largest absolute Gasteiger partial charge is 1.00 e. The smallest absolute Gasteiger partial charge is 0.0798 e. The fourth-order valence-corrected chi connectivity index (χ4v) is 3.61. The van der Waals surface area contributed by atoms with Crippen LogP contribution in [-0.2, 0) is 0 Å². The van der Waals surface area contributed by atoms with E-state index in [0.717, 1.165) is 65.4 Å². The number of nitrogens with one attached hydrogen (secondary N) is 4. The standard InChI is InChI=1S/C19H45N6.BrH/c1-4-25(5-2,6-3)19-7-16-24-17-14-22-12-10-20-8-9-21-11-13-23-15-18-24;/h20-23H,4-19H2,1-3H3;1H/q+1;/p-1. The predicted molar refractivity (Wildman–Crippen MR) is 109 cm³/mol. The van der Waals surface area contributed by atoms with Crippen molar-refractivity contribution in [2.24, 2.45) is 0 Å². The second-order valence-corrected chi connectivity index (χ2v) is 7.21. The van der Waals surface area contributed by atoms with Crippen molar-refractivity contribution < 1.29 is 21.5 Å². The highest BCUT2D eigenvalue weighted by Crippen LogP contribution is 2.07. The Hall–Kier alpha value is 0.240. The van der Waals surface area contributed by atoms with Gasteiger partial charge in [0.2, 0.25) is 0 Å². The van der Waals surface area contributed by atoms with Gasteiger partial charge in [0.05, 0.1) is 26.2 Å². The van der Waals surface area contributed by atoms with Crippen LogP contribution in [0.3, 0.4) is 0 Å². The normalized spacial score (nSPS) is 20.0. The third kappa shape index (κ3) is 11.8. The molecule has 1 fully saturated rings. The summed E-state index contributed by atoms with van der Waals surface area (Å²) < 4.78 is 1.27. The molecule has 1 aliphatic rings. The van der Waals surface area contributed by atoms with E-state index in [4.69, 9.17) is 0 Å². The molecule has 0 atom stereocenters. The minimum absolute atomic E-state index is 0. The summed E-state index contributed by atoms with van der Waals surface area (Å²) >= 11 is 0. The van der Waals surface area contributed by atoms with E-state index in [0.29, 0.717) is 0 Å². The number of hydrogen-bond donors (Lipinski definition) is 4. The van der Waals surface area contributed by atoms with Crippen LogP contribution in [-0.4, -0.2) is 108 Å². The van der Waals surface area contributed by atoms with Crippen molar-refractivity contribution >= 4 is 0 Å². The number of nitrogens with zero attached hydrogens (tertiary/aromatic N) is 2. The molecule has 0 unspecified atom stereocenters. The van der Waals surface area contributed by atoms with Gasteiger partial charge in [0.15, 0.2) is 0 Å². The Balaban J connectivity index is 0.00000625. The Bertz CT molecular complexity index is 277. The third-order valence-corrected chi connectivity index (χ3v) is 5.76. The van der Waals surface area contributed by atoms with E-state index in [1.807, 2.05) is 0 Å². The fourth-order valence-electron chi connectivity index (χ4n) is 3.61. The summed E-state index contributed by atoms with van der Waals surface area (Å²) in [6.07, 6.45) is 1.30. The summed E-state index contributed by atoms with van der Waals surface area (Å²) in [5.74, 6) is 0. The van der Waals surface area contributed by atoms with Crippen LogP contribution in [0.5, 0.6) is 0 Å². The van der Waals surface area contributed by atoms with Crippen LogP contribution < -0.4 is 38.2 Å². The molecule has 4 N–H and O–H groups in total. The van der Waals surface area contributed by atoms with Gasteiger partial charge < -0.3 is 47.6 Å². The first-order chi connectivity index (χ1) is 12.3. The molecule has 1 rings (SSSR count). The molecule has 0 aliphatic carbocycles. The zero-order valence-corrected chi connectivity index (χ0v) is 19.2. The maximum atomic E-state index is 3.58. The molecule has 0 radical (unpaired) electrons. The van der Waals surface area contributed by atoms with Crippen LogP contribution in [0.2, 0.25) is 0 Å². The SMILES string of the molecule is CC[N+](CC)(CC)CCCN1CCNCCNCCNCCNCC1.[Br-]. The summed E-state index contributed by atoms with van der Waals surface area (Å²) in [6.45, 7) is 24.2. The number of halogens is 1. The molecule has 1 heterocycles. The lowest BCUT2D eigenvalue weighted by molar-refractivity contribution is -0.923. The van der Waals surface area contributed by atoms with Gasteiger partial charge in [-0.25, -0.2) is 0 Å². The molecule has 0 aromatic heterocycles. The van der Waals surface area contributed by atoms with Gasteiger partial charge in [-0.05, 0) is 20.8 Å². The van der Waals surface area contributed by atoms with Gasteiger partial charge in [-0.3, -0.25) is 0 Å². The molecular weight excluding hydrogens is 392 g/mol. The molecule has 0 spiro atoms. The van der Waals surface area contributed by atoms with E-state index >= 15 is 0 Å². The molecule has 0 aromatic carbocycles. The zero-order chi connectivity index (χ0) is 18.2. The highest BCUT2D eigenvalue weighted by atomic mass is 79.9. The topological polar surface area (TPSA) is 51.4 Å². The molecule has 1 aliphatic heterocycles. The lowest BCUT2D eigenvalue weighted by atomic mass is 10.2. The van der Waals surface area contributed by atoms with E-state index < -0.39 is 0 Å². The summed E-state index contributed by atoms with van der Waals surface area (Å²) in [4.78, 5) is 2.64. The maximum Gasteiger partial charge on any atom is 0.0798 e. The Labute approximate surface area is 173 Å². The molecule has 0 aromatic rings. The monoisotopic (exact) mass is 436 g/mol. The summed E-state index contributed by atoms with van der Waals surface area (Å²) in [7, 11) is 0. The average molecular weight is 438 g/mol. The molecule has 1 saturated heterocycles. The van der Waals surface area contributed by atoms with Crippen LogP contribution in [0.25, 0.3) is 0 Å². The van der Waals surface area contributed by atoms with E-state index in [-0.39, 0.29) is 17.0 Å². The van der Waals surface area contributed by atoms with Crippen LogP contribution >= 0.6 is 0 Å². The van der Waals surface area contributed by atoms with E-state index in [1.54, 1.807) is 0 Å². The van der Waals surface area contributed by atoms with E-state index in [9.17, 15) is 0 Å². The van der Waals surface area contributed by atoms with Crippen molar-refractivity contribution in [2.75, 3.05) is 98.2 Å². The van der Waals surface area contributed by atoms with E-state index in [2.05, 4.69) is 46.9 Å². The highest BCUT2D eigenvalue weighted by molar-refractivity contribution is 4.65. The van der Waals surface area contributed by atoms with Crippen LogP contribution in [0, 0.1) is 0 Å². The Morgan fingerprint density at radius 1 is 0.654 bits per heavy atom. The van der Waals surface area contributed by atoms with Crippen molar-refractivity contribution in [1.29, 1.82) is 0 Å². The fraction of sp³-hybridized carbons (Fsp3) is 1.00. The van der Waals surface area contributed by atoms with Gasteiger partial charge >= 0.3 is 0 Å². The molecule has 0 bridgehead atoms. The average Bonchev–Trinajstić information content (AvgIpc) is 2.65. The molecule has 6 nitrogen and oxygen atoms in total. The first kappa shape index (κ1) is 26.2. The van der Waals surface area contributed by atoms with Crippen molar-refractivity contribution in [3.8, 4) is 0 Å². The van der Waals surface area contributed by atoms with Gasteiger partial charge in [0, 0.05) is 78.4 Å². The zero-order valence-electron chi connectivity index (χ0n) is 17.6. The van der Waals surface area contributed by atoms with Crippen molar-refractivity contribution in [3.63, 3.8) is 0 Å².